The average molecular weight is 258 g/mol. The lowest BCUT2D eigenvalue weighted by molar-refractivity contribution is -0.121. The van der Waals surface area contributed by atoms with E-state index < -0.39 is 6.10 Å². The van der Waals surface area contributed by atoms with Crippen LogP contribution in [0.2, 0.25) is 0 Å². The molecule has 0 aromatic heterocycles. The summed E-state index contributed by atoms with van der Waals surface area (Å²) in [5, 5.41) is 15.6. The molecule has 3 N–H and O–H groups in total. The second kappa shape index (κ2) is 7.07. The van der Waals surface area contributed by atoms with Gasteiger partial charge in [-0.1, -0.05) is 0 Å². The Bertz CT molecular complexity index is 259. The molecule has 106 valence electrons. The van der Waals surface area contributed by atoms with Crippen LogP contribution >= 0.6 is 0 Å². The Balaban J connectivity index is 1.94. The third kappa shape index (κ3) is 8.44. The Kier molecular flexibility index (Phi) is 6.05. The second-order valence-corrected chi connectivity index (χ2v) is 5.87. The van der Waals surface area contributed by atoms with E-state index in [9.17, 15) is 9.90 Å². The van der Waals surface area contributed by atoms with Gasteiger partial charge in [0.25, 0.3) is 0 Å². The van der Waals surface area contributed by atoms with E-state index in [2.05, 4.69) is 10.6 Å². The molecule has 5 heteroatoms. The summed E-state index contributed by atoms with van der Waals surface area (Å²) in [6.45, 7) is 7.21. The number of nitrogens with one attached hydrogen (secondary N) is 2. The summed E-state index contributed by atoms with van der Waals surface area (Å²) in [6, 6.07) is 0.420. The lowest BCUT2D eigenvalue weighted by Crippen LogP contribution is -2.35. The fraction of sp³-hybridized carbons (Fsp3) is 0.923. The quantitative estimate of drug-likeness (QED) is 0.552. The maximum Gasteiger partial charge on any atom is 0.221 e. The van der Waals surface area contributed by atoms with Crippen molar-refractivity contribution in [3.05, 3.63) is 0 Å². The van der Waals surface area contributed by atoms with Gasteiger partial charge in [-0.25, -0.2) is 0 Å². The molecule has 0 bridgehead atoms. The zero-order chi connectivity index (χ0) is 13.6. The molecule has 0 heterocycles. The van der Waals surface area contributed by atoms with Crippen molar-refractivity contribution in [2.75, 3.05) is 19.7 Å². The van der Waals surface area contributed by atoms with Gasteiger partial charge in [-0.05, 0) is 33.6 Å². The van der Waals surface area contributed by atoms with Crippen molar-refractivity contribution in [1.29, 1.82) is 0 Å². The molecular formula is C13H26N2O3. The first kappa shape index (κ1) is 15.4. The molecular weight excluding hydrogens is 232 g/mol. The minimum atomic E-state index is -0.532. The highest BCUT2D eigenvalue weighted by Gasteiger charge is 2.22. The molecule has 1 unspecified atom stereocenters. The van der Waals surface area contributed by atoms with Crippen LogP contribution in [0.15, 0.2) is 0 Å². The molecule has 1 saturated carbocycles. The van der Waals surface area contributed by atoms with Crippen molar-refractivity contribution < 1.29 is 14.6 Å². The minimum absolute atomic E-state index is 0.0884. The first-order chi connectivity index (χ1) is 8.37. The van der Waals surface area contributed by atoms with E-state index in [-0.39, 0.29) is 11.5 Å². The largest absolute Gasteiger partial charge is 0.389 e. The molecule has 5 nitrogen and oxygen atoms in total. The lowest BCUT2D eigenvalue weighted by Gasteiger charge is -2.22. The Labute approximate surface area is 109 Å². The third-order valence-electron chi connectivity index (χ3n) is 2.56. The van der Waals surface area contributed by atoms with Gasteiger partial charge in [-0.3, -0.25) is 4.79 Å². The topological polar surface area (TPSA) is 70.6 Å². The summed E-state index contributed by atoms with van der Waals surface area (Å²) >= 11 is 0. The summed E-state index contributed by atoms with van der Waals surface area (Å²) in [6.07, 6.45) is 2.16. The molecule has 1 aliphatic carbocycles. The number of rotatable bonds is 8. The number of ether oxygens (including phenoxy) is 1. The van der Waals surface area contributed by atoms with Crippen LogP contribution < -0.4 is 10.6 Å². The minimum Gasteiger partial charge on any atom is -0.389 e. The predicted octanol–water partition coefficient (Wildman–Crippen LogP) is 0.421. The van der Waals surface area contributed by atoms with Crippen LogP contribution in [0.5, 0.6) is 0 Å². The number of carbonyl (C=O) groups excluding carboxylic acids is 1. The van der Waals surface area contributed by atoms with Gasteiger partial charge in [0.1, 0.15) is 0 Å². The van der Waals surface area contributed by atoms with E-state index in [0.29, 0.717) is 32.2 Å². The van der Waals surface area contributed by atoms with Gasteiger partial charge in [-0.2, -0.15) is 0 Å². The zero-order valence-electron chi connectivity index (χ0n) is 11.7. The summed E-state index contributed by atoms with van der Waals surface area (Å²) < 4.78 is 5.46. The number of aliphatic hydroxyl groups is 1. The van der Waals surface area contributed by atoms with Gasteiger partial charge in [-0.15, -0.1) is 0 Å². The van der Waals surface area contributed by atoms with E-state index in [4.69, 9.17) is 4.74 Å². The number of aliphatic hydroxyl groups excluding tert-OH is 1. The van der Waals surface area contributed by atoms with Crippen LogP contribution in [0, 0.1) is 0 Å². The molecule has 0 aromatic carbocycles. The molecule has 1 fully saturated rings. The number of hydrogen-bond donors (Lipinski definition) is 3. The second-order valence-electron chi connectivity index (χ2n) is 5.87. The van der Waals surface area contributed by atoms with Crippen molar-refractivity contribution in [2.24, 2.45) is 0 Å². The van der Waals surface area contributed by atoms with Gasteiger partial charge in [0.2, 0.25) is 5.91 Å². The van der Waals surface area contributed by atoms with Crippen LogP contribution in [-0.4, -0.2) is 48.5 Å². The average Bonchev–Trinajstić information content (AvgIpc) is 3.04. The van der Waals surface area contributed by atoms with Crippen LogP contribution in [0.4, 0.5) is 0 Å². The zero-order valence-corrected chi connectivity index (χ0v) is 11.7. The predicted molar refractivity (Wildman–Crippen MR) is 70.4 cm³/mol. The highest BCUT2D eigenvalue weighted by Crippen LogP contribution is 2.18. The Morgan fingerprint density at radius 2 is 2.11 bits per heavy atom. The Morgan fingerprint density at radius 3 is 2.67 bits per heavy atom. The first-order valence-electron chi connectivity index (χ1n) is 6.69. The van der Waals surface area contributed by atoms with Gasteiger partial charge in [0.15, 0.2) is 0 Å². The molecule has 18 heavy (non-hydrogen) atoms. The first-order valence-corrected chi connectivity index (χ1v) is 6.69. The molecule has 0 aromatic rings. The van der Waals surface area contributed by atoms with Crippen molar-refractivity contribution in [2.45, 2.75) is 57.8 Å². The van der Waals surface area contributed by atoms with E-state index in [1.807, 2.05) is 20.8 Å². The summed E-state index contributed by atoms with van der Waals surface area (Å²) in [5.41, 5.74) is -0.231. The van der Waals surface area contributed by atoms with Gasteiger partial charge in [0, 0.05) is 25.6 Å². The van der Waals surface area contributed by atoms with Crippen LogP contribution in [-0.2, 0) is 9.53 Å². The maximum absolute atomic E-state index is 11.4. The molecule has 1 amide bonds. The maximum atomic E-state index is 11.4. The summed E-state index contributed by atoms with van der Waals surface area (Å²) in [5.74, 6) is 0.0884. The number of hydrogen-bond acceptors (Lipinski definition) is 4. The molecule has 1 aliphatic rings. The van der Waals surface area contributed by atoms with Gasteiger partial charge >= 0.3 is 0 Å². The van der Waals surface area contributed by atoms with Crippen LogP contribution in [0.3, 0.4) is 0 Å². The summed E-state index contributed by atoms with van der Waals surface area (Å²) in [4.78, 5) is 11.4. The molecule has 0 radical (unpaired) electrons. The monoisotopic (exact) mass is 258 g/mol. The van der Waals surface area contributed by atoms with E-state index in [1.54, 1.807) is 0 Å². The molecule has 0 aliphatic heterocycles. The molecule has 1 rings (SSSR count). The molecule has 0 saturated heterocycles. The van der Waals surface area contributed by atoms with Gasteiger partial charge < -0.3 is 20.5 Å². The van der Waals surface area contributed by atoms with Gasteiger partial charge in [0.05, 0.1) is 18.3 Å². The van der Waals surface area contributed by atoms with Crippen molar-refractivity contribution in [1.82, 2.24) is 10.6 Å². The third-order valence-corrected chi connectivity index (χ3v) is 2.56. The van der Waals surface area contributed by atoms with E-state index >= 15 is 0 Å². The Morgan fingerprint density at radius 1 is 1.44 bits per heavy atom. The highest BCUT2D eigenvalue weighted by atomic mass is 16.5. The SMILES string of the molecule is CC(C)(C)OCC(O)CNCCC(=O)NC1CC1. The van der Waals surface area contributed by atoms with Crippen molar-refractivity contribution in [3.63, 3.8) is 0 Å². The smallest absolute Gasteiger partial charge is 0.221 e. The van der Waals surface area contributed by atoms with Crippen LogP contribution in [0.25, 0.3) is 0 Å². The molecule has 0 spiro atoms. The lowest BCUT2D eigenvalue weighted by atomic mass is 10.2. The number of amides is 1. The van der Waals surface area contributed by atoms with Crippen molar-refractivity contribution >= 4 is 5.91 Å². The normalized spacial score (nSPS) is 17.6. The van der Waals surface area contributed by atoms with E-state index in [0.717, 1.165) is 12.8 Å². The Hall–Kier alpha value is -0.650. The molecule has 1 atom stereocenters. The standard InChI is InChI=1S/C13H26N2O3/c1-13(2,3)18-9-11(16)8-14-7-6-12(17)15-10-4-5-10/h10-11,14,16H,4-9H2,1-3H3,(H,15,17). The summed E-state index contributed by atoms with van der Waals surface area (Å²) in [7, 11) is 0. The van der Waals surface area contributed by atoms with Crippen LogP contribution in [0.1, 0.15) is 40.0 Å². The number of carbonyl (C=O) groups is 1. The van der Waals surface area contributed by atoms with Crippen molar-refractivity contribution in [3.8, 4) is 0 Å². The highest BCUT2D eigenvalue weighted by molar-refractivity contribution is 5.76. The van der Waals surface area contributed by atoms with E-state index in [1.165, 1.54) is 0 Å². The fourth-order valence-electron chi connectivity index (χ4n) is 1.40. The fourth-order valence-corrected chi connectivity index (χ4v) is 1.40.